The summed E-state index contributed by atoms with van der Waals surface area (Å²) < 4.78 is 0. The van der Waals surface area contributed by atoms with E-state index in [2.05, 4.69) is 10.6 Å². The number of anilines is 2. The zero-order valence-corrected chi connectivity index (χ0v) is 15.5. The van der Waals surface area contributed by atoms with Crippen molar-refractivity contribution in [2.45, 2.75) is 32.2 Å². The molecule has 0 bridgehead atoms. The molecule has 1 aliphatic rings. The number of nitrogens with one attached hydrogen (secondary N) is 2. The van der Waals surface area contributed by atoms with Gasteiger partial charge in [-0.05, 0) is 49.2 Å². The quantitative estimate of drug-likeness (QED) is 0.462. The minimum atomic E-state index is -0.597. The first-order valence-electron chi connectivity index (χ1n) is 8.58. The van der Waals surface area contributed by atoms with Crippen molar-refractivity contribution in [3.63, 3.8) is 0 Å². The zero-order valence-electron chi connectivity index (χ0n) is 14.8. The Hall–Kier alpha value is -2.50. The molecule has 3 rings (SSSR count). The summed E-state index contributed by atoms with van der Waals surface area (Å²) >= 11 is 6.05. The number of hydrogen-bond acceptors (Lipinski definition) is 4. The number of carbonyl (C=O) groups excluding carboxylic acids is 1. The molecule has 0 atom stereocenters. The van der Waals surface area contributed by atoms with Crippen LogP contribution in [-0.4, -0.2) is 11.0 Å². The summed E-state index contributed by atoms with van der Waals surface area (Å²) in [7, 11) is 0. The standard InChI is InChI=1S/C20H22ClN3O2/c1-3-20(22,4-2)16-10-13(6-8-18(16)25)23-11-15-14-9-12(21)5-7-17(14)24-19(15)26/h5-11,23,25H,3-4,22H2,1-2H3,(H,24,26)/b15-11+. The molecule has 2 aromatic carbocycles. The molecular weight excluding hydrogens is 350 g/mol. The molecule has 2 aromatic rings. The van der Waals surface area contributed by atoms with Gasteiger partial charge < -0.3 is 21.5 Å². The lowest BCUT2D eigenvalue weighted by atomic mass is 9.85. The number of rotatable bonds is 5. The van der Waals surface area contributed by atoms with Crippen molar-refractivity contribution in [1.82, 2.24) is 0 Å². The predicted octanol–water partition coefficient (Wildman–Crippen LogP) is 4.42. The molecule has 1 aliphatic heterocycles. The van der Waals surface area contributed by atoms with Crippen LogP contribution in [0.3, 0.4) is 0 Å². The van der Waals surface area contributed by atoms with Gasteiger partial charge in [0.05, 0.1) is 5.57 Å². The normalized spacial score (nSPS) is 15.1. The highest BCUT2D eigenvalue weighted by molar-refractivity contribution is 6.34. The van der Waals surface area contributed by atoms with Gasteiger partial charge in [-0.25, -0.2) is 0 Å². The van der Waals surface area contributed by atoms with Crippen LogP contribution in [0.25, 0.3) is 5.57 Å². The van der Waals surface area contributed by atoms with E-state index in [0.29, 0.717) is 29.0 Å². The average molecular weight is 372 g/mol. The van der Waals surface area contributed by atoms with Gasteiger partial charge in [0.15, 0.2) is 0 Å². The van der Waals surface area contributed by atoms with Crippen LogP contribution in [-0.2, 0) is 10.3 Å². The Morgan fingerprint density at radius 1 is 1.23 bits per heavy atom. The number of halogens is 1. The molecule has 136 valence electrons. The number of fused-ring (bicyclic) bond motifs is 1. The molecule has 26 heavy (non-hydrogen) atoms. The van der Waals surface area contributed by atoms with Crippen molar-refractivity contribution in [1.29, 1.82) is 0 Å². The molecule has 6 heteroatoms. The number of hydrogen-bond donors (Lipinski definition) is 4. The van der Waals surface area contributed by atoms with Crippen molar-refractivity contribution < 1.29 is 9.90 Å². The van der Waals surface area contributed by atoms with E-state index in [4.69, 9.17) is 17.3 Å². The molecule has 0 aromatic heterocycles. The molecule has 5 N–H and O–H groups in total. The van der Waals surface area contributed by atoms with E-state index >= 15 is 0 Å². The van der Waals surface area contributed by atoms with E-state index in [1.807, 2.05) is 19.9 Å². The summed E-state index contributed by atoms with van der Waals surface area (Å²) in [5.41, 5.74) is 9.24. The third-order valence-electron chi connectivity index (χ3n) is 4.94. The van der Waals surface area contributed by atoms with Crippen LogP contribution in [0.15, 0.2) is 42.6 Å². The summed E-state index contributed by atoms with van der Waals surface area (Å²) in [5.74, 6) is -0.0193. The van der Waals surface area contributed by atoms with Crippen molar-refractivity contribution in [3.05, 3.63) is 58.7 Å². The molecule has 0 saturated carbocycles. The highest BCUT2D eigenvalue weighted by Crippen LogP contribution is 2.36. The van der Waals surface area contributed by atoms with Gasteiger partial charge in [-0.2, -0.15) is 0 Å². The molecule has 5 nitrogen and oxygen atoms in total. The second kappa shape index (κ2) is 7.02. The maximum absolute atomic E-state index is 12.2. The minimum Gasteiger partial charge on any atom is -0.508 e. The van der Waals surface area contributed by atoms with Crippen molar-refractivity contribution in [2.75, 3.05) is 10.6 Å². The fourth-order valence-electron chi connectivity index (χ4n) is 3.11. The monoisotopic (exact) mass is 371 g/mol. The number of carbonyl (C=O) groups is 1. The SMILES string of the molecule is CCC(N)(CC)c1cc(N/C=C2/C(=O)Nc3ccc(Cl)cc32)ccc1O. The average Bonchev–Trinajstić information content (AvgIpc) is 2.95. The second-order valence-corrected chi connectivity index (χ2v) is 6.88. The van der Waals surface area contributed by atoms with Gasteiger partial charge in [0.2, 0.25) is 0 Å². The van der Waals surface area contributed by atoms with Gasteiger partial charge in [-0.3, -0.25) is 4.79 Å². The molecule has 0 spiro atoms. The van der Waals surface area contributed by atoms with Crippen LogP contribution in [0, 0.1) is 0 Å². The molecule has 1 amide bonds. The molecule has 0 unspecified atom stereocenters. The molecular formula is C20H22ClN3O2. The first kappa shape index (κ1) is 18.3. The molecule has 1 heterocycles. The Bertz CT molecular complexity index is 889. The van der Waals surface area contributed by atoms with Crippen LogP contribution >= 0.6 is 11.6 Å². The number of benzene rings is 2. The van der Waals surface area contributed by atoms with E-state index in [1.165, 1.54) is 0 Å². The van der Waals surface area contributed by atoms with Crippen LogP contribution in [0.5, 0.6) is 5.75 Å². The lowest BCUT2D eigenvalue weighted by molar-refractivity contribution is -0.110. The Morgan fingerprint density at radius 3 is 2.65 bits per heavy atom. The van der Waals surface area contributed by atoms with E-state index < -0.39 is 5.54 Å². The summed E-state index contributed by atoms with van der Waals surface area (Å²) in [6.45, 7) is 3.99. The smallest absolute Gasteiger partial charge is 0.257 e. The first-order valence-corrected chi connectivity index (χ1v) is 8.96. The fraction of sp³-hybridized carbons (Fsp3) is 0.250. The molecule has 0 fully saturated rings. The first-order chi connectivity index (χ1) is 12.4. The second-order valence-electron chi connectivity index (χ2n) is 6.44. The van der Waals surface area contributed by atoms with Gasteiger partial charge in [0.1, 0.15) is 5.75 Å². The van der Waals surface area contributed by atoms with Crippen molar-refractivity contribution >= 4 is 34.5 Å². The van der Waals surface area contributed by atoms with Gasteiger partial charge >= 0.3 is 0 Å². The number of phenols is 1. The van der Waals surface area contributed by atoms with Gasteiger partial charge in [0.25, 0.3) is 5.91 Å². The van der Waals surface area contributed by atoms with E-state index in [1.54, 1.807) is 36.5 Å². The van der Waals surface area contributed by atoms with Gasteiger partial charge in [-0.15, -0.1) is 0 Å². The Morgan fingerprint density at radius 2 is 1.96 bits per heavy atom. The summed E-state index contributed by atoms with van der Waals surface area (Å²) in [6, 6.07) is 10.4. The summed E-state index contributed by atoms with van der Waals surface area (Å²) in [6.07, 6.45) is 3.05. The summed E-state index contributed by atoms with van der Waals surface area (Å²) in [5, 5.41) is 16.7. The third kappa shape index (κ3) is 3.28. The van der Waals surface area contributed by atoms with E-state index in [9.17, 15) is 9.90 Å². The Kier molecular flexibility index (Phi) is 4.94. The minimum absolute atomic E-state index is 0.171. The topological polar surface area (TPSA) is 87.4 Å². The van der Waals surface area contributed by atoms with E-state index in [0.717, 1.165) is 16.9 Å². The van der Waals surface area contributed by atoms with E-state index in [-0.39, 0.29) is 11.7 Å². The lowest BCUT2D eigenvalue weighted by Gasteiger charge is -2.28. The van der Waals surface area contributed by atoms with Gasteiger partial charge in [-0.1, -0.05) is 25.4 Å². The maximum atomic E-state index is 12.2. The van der Waals surface area contributed by atoms with Crippen molar-refractivity contribution in [3.8, 4) is 5.75 Å². The van der Waals surface area contributed by atoms with Gasteiger partial charge in [0, 0.05) is 39.3 Å². The largest absolute Gasteiger partial charge is 0.508 e. The number of amides is 1. The van der Waals surface area contributed by atoms with Crippen LogP contribution in [0.1, 0.15) is 37.8 Å². The fourth-order valence-corrected chi connectivity index (χ4v) is 3.29. The zero-order chi connectivity index (χ0) is 18.9. The number of phenolic OH excluding ortho intramolecular Hbond substituents is 1. The van der Waals surface area contributed by atoms with Crippen LogP contribution in [0.4, 0.5) is 11.4 Å². The van der Waals surface area contributed by atoms with Crippen LogP contribution < -0.4 is 16.4 Å². The Labute approximate surface area is 157 Å². The molecule has 0 aliphatic carbocycles. The molecule has 0 saturated heterocycles. The molecule has 0 radical (unpaired) electrons. The Balaban J connectivity index is 1.93. The third-order valence-corrected chi connectivity index (χ3v) is 5.18. The van der Waals surface area contributed by atoms with Crippen molar-refractivity contribution in [2.24, 2.45) is 5.73 Å². The highest BCUT2D eigenvalue weighted by Gasteiger charge is 2.27. The number of nitrogens with two attached hydrogens (primary N) is 1. The number of aromatic hydroxyl groups is 1. The van der Waals surface area contributed by atoms with Crippen LogP contribution in [0.2, 0.25) is 5.02 Å². The predicted molar refractivity (Wildman–Crippen MR) is 106 cm³/mol. The highest BCUT2D eigenvalue weighted by atomic mass is 35.5. The lowest BCUT2D eigenvalue weighted by Crippen LogP contribution is -2.35. The maximum Gasteiger partial charge on any atom is 0.257 e. The summed E-state index contributed by atoms with van der Waals surface area (Å²) in [4.78, 5) is 12.2.